The van der Waals surface area contributed by atoms with Crippen LogP contribution in [0, 0.1) is 0 Å². The third-order valence-electron chi connectivity index (χ3n) is 12.3. The highest BCUT2D eigenvalue weighted by atomic mass is 15.5. The van der Waals surface area contributed by atoms with Crippen LogP contribution in [0.5, 0.6) is 0 Å². The van der Waals surface area contributed by atoms with E-state index in [2.05, 4.69) is 77.0 Å². The number of hydrogen-bond acceptors (Lipinski definition) is 3. The predicted octanol–water partition coefficient (Wildman–Crippen LogP) is 14.9. The molecule has 48 heavy (non-hydrogen) atoms. The van der Waals surface area contributed by atoms with Gasteiger partial charge in [0.05, 0.1) is 20.0 Å². The van der Waals surface area contributed by atoms with Gasteiger partial charge in [0.2, 0.25) is 0 Å². The molecule has 3 heteroatoms. The summed E-state index contributed by atoms with van der Waals surface area (Å²) in [6, 6.07) is 0. The molecule has 1 fully saturated rings. The van der Waals surface area contributed by atoms with E-state index in [1.807, 2.05) is 0 Å². The number of rotatable bonds is 33. The molecule has 1 heterocycles. The van der Waals surface area contributed by atoms with Crippen LogP contribution in [-0.2, 0) is 0 Å². The van der Waals surface area contributed by atoms with Crippen molar-refractivity contribution >= 4 is 0 Å². The summed E-state index contributed by atoms with van der Waals surface area (Å²) >= 11 is 0. The van der Waals surface area contributed by atoms with Crippen molar-refractivity contribution < 1.29 is 0 Å². The van der Waals surface area contributed by atoms with Crippen molar-refractivity contribution in [1.29, 1.82) is 0 Å². The maximum Gasteiger partial charge on any atom is 0.0540 e. The average molecular weight is 676 g/mol. The van der Waals surface area contributed by atoms with Crippen molar-refractivity contribution in [3.63, 3.8) is 0 Å². The van der Waals surface area contributed by atoms with Gasteiger partial charge in [-0.15, -0.1) is 0 Å². The van der Waals surface area contributed by atoms with E-state index < -0.39 is 0 Å². The predicted molar refractivity (Wildman–Crippen MR) is 218 cm³/mol. The van der Waals surface area contributed by atoms with Crippen molar-refractivity contribution in [1.82, 2.24) is 14.7 Å². The lowest BCUT2D eigenvalue weighted by atomic mass is 9.90. The van der Waals surface area contributed by atoms with Crippen molar-refractivity contribution in [3.05, 3.63) is 0 Å². The van der Waals surface area contributed by atoms with Crippen LogP contribution in [0.15, 0.2) is 0 Å². The first-order valence-corrected chi connectivity index (χ1v) is 22.3. The second-order valence-corrected chi connectivity index (χ2v) is 18.2. The summed E-state index contributed by atoms with van der Waals surface area (Å²) in [6.45, 7) is 25.7. The van der Waals surface area contributed by atoms with Crippen LogP contribution in [0.1, 0.15) is 255 Å². The van der Waals surface area contributed by atoms with Gasteiger partial charge in [0.1, 0.15) is 0 Å². The second-order valence-electron chi connectivity index (χ2n) is 18.2. The first kappa shape index (κ1) is 45.9. The van der Waals surface area contributed by atoms with Gasteiger partial charge in [0, 0.05) is 16.6 Å². The standard InChI is InChI=1S/C45H93N3/c1-10-13-16-19-22-25-28-31-34-37-43(4,5)46-40-47(44(6,7)38-35-32-29-26-23-20-17-14-11-2)42-48(41-46)45(8,9)39-36-33-30-27-24-21-18-15-12-3/h10-42H2,1-9H3. The fourth-order valence-electron chi connectivity index (χ4n) is 7.98. The van der Waals surface area contributed by atoms with E-state index in [0.717, 1.165) is 20.0 Å². The minimum atomic E-state index is 0.236. The highest BCUT2D eigenvalue weighted by Gasteiger charge is 2.41. The average Bonchev–Trinajstić information content (AvgIpc) is 3.05. The first-order chi connectivity index (χ1) is 23.0. The zero-order valence-corrected chi connectivity index (χ0v) is 35.2. The minimum absolute atomic E-state index is 0.236. The molecule has 0 radical (unpaired) electrons. The first-order valence-electron chi connectivity index (χ1n) is 22.3. The molecule has 0 amide bonds. The van der Waals surface area contributed by atoms with E-state index in [4.69, 9.17) is 0 Å². The molecule has 0 aromatic heterocycles. The molecular weight excluding hydrogens is 583 g/mol. The fraction of sp³-hybridized carbons (Fsp3) is 1.00. The van der Waals surface area contributed by atoms with E-state index in [-0.39, 0.29) is 16.6 Å². The molecule has 1 rings (SSSR count). The van der Waals surface area contributed by atoms with Gasteiger partial charge < -0.3 is 0 Å². The molecule has 288 valence electrons. The molecule has 0 spiro atoms. The van der Waals surface area contributed by atoms with Gasteiger partial charge in [-0.3, -0.25) is 14.7 Å². The van der Waals surface area contributed by atoms with Crippen molar-refractivity contribution in [2.45, 2.75) is 272 Å². The largest absolute Gasteiger partial charge is 0.272 e. The molecule has 0 aliphatic carbocycles. The molecule has 0 unspecified atom stereocenters. The summed E-state index contributed by atoms with van der Waals surface area (Å²) in [6.07, 6.45) is 42.3. The molecule has 0 atom stereocenters. The third-order valence-corrected chi connectivity index (χ3v) is 12.3. The Morgan fingerprint density at radius 2 is 0.438 bits per heavy atom. The summed E-state index contributed by atoms with van der Waals surface area (Å²) in [5, 5.41) is 0. The second kappa shape index (κ2) is 27.5. The van der Waals surface area contributed by atoms with E-state index in [0.29, 0.717) is 0 Å². The Hall–Kier alpha value is -0.120. The molecule has 1 aliphatic rings. The summed E-state index contributed by atoms with van der Waals surface area (Å²) in [5.74, 6) is 0. The third kappa shape index (κ3) is 21.3. The van der Waals surface area contributed by atoms with Crippen molar-refractivity contribution in [2.75, 3.05) is 20.0 Å². The van der Waals surface area contributed by atoms with Gasteiger partial charge in [0.25, 0.3) is 0 Å². The molecule has 0 aromatic carbocycles. The Labute approximate surface area is 305 Å². The number of hydrogen-bond donors (Lipinski definition) is 0. The quantitative estimate of drug-likeness (QED) is 0.0641. The fourth-order valence-corrected chi connectivity index (χ4v) is 7.98. The summed E-state index contributed by atoms with van der Waals surface area (Å²) in [4.78, 5) is 8.62. The van der Waals surface area contributed by atoms with Crippen LogP contribution in [0.4, 0.5) is 0 Å². The van der Waals surface area contributed by atoms with Crippen molar-refractivity contribution in [2.24, 2.45) is 0 Å². The smallest absolute Gasteiger partial charge is 0.0540 e. The van der Waals surface area contributed by atoms with Crippen LogP contribution in [0.25, 0.3) is 0 Å². The van der Waals surface area contributed by atoms with E-state index in [9.17, 15) is 0 Å². The summed E-state index contributed by atoms with van der Waals surface area (Å²) in [7, 11) is 0. The Kier molecular flexibility index (Phi) is 26.3. The van der Waals surface area contributed by atoms with Crippen LogP contribution >= 0.6 is 0 Å². The van der Waals surface area contributed by atoms with E-state index in [1.165, 1.54) is 193 Å². The maximum absolute atomic E-state index is 2.87. The molecule has 0 bridgehead atoms. The van der Waals surface area contributed by atoms with Crippen molar-refractivity contribution in [3.8, 4) is 0 Å². The van der Waals surface area contributed by atoms with Gasteiger partial charge in [-0.2, -0.15) is 0 Å². The summed E-state index contributed by atoms with van der Waals surface area (Å²) < 4.78 is 0. The highest BCUT2D eigenvalue weighted by Crippen LogP contribution is 2.34. The molecular formula is C45H93N3. The Bertz CT molecular complexity index is 612. The molecule has 3 nitrogen and oxygen atoms in total. The molecule has 1 aliphatic heterocycles. The number of unbranched alkanes of at least 4 members (excludes halogenated alkanes) is 24. The lowest BCUT2D eigenvalue weighted by molar-refractivity contribution is -0.142. The molecule has 0 aromatic rings. The minimum Gasteiger partial charge on any atom is -0.272 e. The van der Waals surface area contributed by atoms with Crippen LogP contribution in [-0.4, -0.2) is 51.3 Å². The van der Waals surface area contributed by atoms with Gasteiger partial charge >= 0.3 is 0 Å². The van der Waals surface area contributed by atoms with Crippen LogP contribution < -0.4 is 0 Å². The van der Waals surface area contributed by atoms with Gasteiger partial charge in [-0.1, -0.05) is 194 Å². The van der Waals surface area contributed by atoms with Crippen LogP contribution in [0.2, 0.25) is 0 Å². The lowest BCUT2D eigenvalue weighted by Gasteiger charge is -2.57. The Morgan fingerprint density at radius 3 is 0.625 bits per heavy atom. The summed E-state index contributed by atoms with van der Waals surface area (Å²) in [5.41, 5.74) is 0.708. The molecule has 0 saturated carbocycles. The van der Waals surface area contributed by atoms with Gasteiger partial charge in [-0.25, -0.2) is 0 Å². The lowest BCUT2D eigenvalue weighted by Crippen LogP contribution is -2.68. The Morgan fingerprint density at radius 1 is 0.271 bits per heavy atom. The van der Waals surface area contributed by atoms with Crippen LogP contribution in [0.3, 0.4) is 0 Å². The monoisotopic (exact) mass is 676 g/mol. The van der Waals surface area contributed by atoms with Gasteiger partial charge in [0.15, 0.2) is 0 Å². The van der Waals surface area contributed by atoms with E-state index >= 15 is 0 Å². The molecule has 0 N–H and O–H groups in total. The normalized spacial score (nSPS) is 15.9. The zero-order valence-electron chi connectivity index (χ0n) is 35.2. The van der Waals surface area contributed by atoms with E-state index in [1.54, 1.807) is 0 Å². The maximum atomic E-state index is 2.87. The number of nitrogens with zero attached hydrogens (tertiary/aromatic N) is 3. The molecule has 1 saturated heterocycles. The topological polar surface area (TPSA) is 9.72 Å². The Balaban J connectivity index is 2.72. The SMILES string of the molecule is CCCCCCCCCCCC(C)(C)N1CN(C(C)(C)CCCCCCCCCCC)CN(C(C)(C)CCCCCCCCCCC)C1. The van der Waals surface area contributed by atoms with Gasteiger partial charge in [-0.05, 0) is 60.8 Å². The zero-order chi connectivity index (χ0) is 35.6. The highest BCUT2D eigenvalue weighted by molar-refractivity contribution is 4.93.